The monoisotopic (exact) mass is 128 g/mol. The summed E-state index contributed by atoms with van der Waals surface area (Å²) in [6.07, 6.45) is 3.11. The molecular weight excluding hydrogens is 116 g/mol. The number of carbonyl (C=O) groups is 2. The van der Waals surface area contributed by atoms with Crippen molar-refractivity contribution < 1.29 is 9.59 Å². The number of ketones is 1. The van der Waals surface area contributed by atoms with Gasteiger partial charge in [0.1, 0.15) is 12.1 Å². The number of hydrogen-bond donors (Lipinski definition) is 0. The van der Waals surface area contributed by atoms with E-state index in [1.54, 1.807) is 0 Å². The van der Waals surface area contributed by atoms with Crippen molar-refractivity contribution in [3.8, 4) is 0 Å². The van der Waals surface area contributed by atoms with Crippen molar-refractivity contribution in [1.29, 1.82) is 0 Å². The molecule has 2 nitrogen and oxygen atoms in total. The highest BCUT2D eigenvalue weighted by atomic mass is 16.1. The highest BCUT2D eigenvalue weighted by molar-refractivity contribution is 5.80. The molecule has 0 fully saturated rings. The molecule has 0 spiro atoms. The Hall–Kier alpha value is -0.660. The Morgan fingerprint density at radius 1 is 1.44 bits per heavy atom. The van der Waals surface area contributed by atoms with Gasteiger partial charge in [-0.2, -0.15) is 0 Å². The van der Waals surface area contributed by atoms with Crippen LogP contribution in [0.5, 0.6) is 0 Å². The number of carbonyl (C=O) groups excluding carboxylic acids is 2. The molecule has 0 aromatic heterocycles. The van der Waals surface area contributed by atoms with Crippen molar-refractivity contribution in [3.05, 3.63) is 0 Å². The topological polar surface area (TPSA) is 34.1 Å². The molecule has 0 aromatic carbocycles. The van der Waals surface area contributed by atoms with Gasteiger partial charge in [-0.15, -0.1) is 0 Å². The predicted octanol–water partition coefficient (Wildman–Crippen LogP) is 1.33. The molecule has 0 aliphatic heterocycles. The van der Waals surface area contributed by atoms with Crippen LogP contribution in [0.1, 0.15) is 32.6 Å². The van der Waals surface area contributed by atoms with Crippen molar-refractivity contribution in [2.45, 2.75) is 32.6 Å². The van der Waals surface area contributed by atoms with Gasteiger partial charge in [0.25, 0.3) is 0 Å². The fraction of sp³-hybridized carbons (Fsp3) is 0.714. The summed E-state index contributed by atoms with van der Waals surface area (Å²) in [5.41, 5.74) is 0. The molecule has 0 saturated carbocycles. The molecule has 0 bridgehead atoms. The van der Waals surface area contributed by atoms with E-state index >= 15 is 0 Å². The van der Waals surface area contributed by atoms with Crippen LogP contribution >= 0.6 is 0 Å². The molecule has 2 heteroatoms. The van der Waals surface area contributed by atoms with Crippen LogP contribution < -0.4 is 0 Å². The van der Waals surface area contributed by atoms with Crippen molar-refractivity contribution in [2.24, 2.45) is 0 Å². The molecule has 0 saturated heterocycles. The SMILES string of the molecule is CCCC(=O)CCC=O. The van der Waals surface area contributed by atoms with E-state index in [4.69, 9.17) is 0 Å². The molecule has 0 aliphatic carbocycles. The second-order valence-electron chi connectivity index (χ2n) is 1.99. The summed E-state index contributed by atoms with van der Waals surface area (Å²) in [7, 11) is 0. The van der Waals surface area contributed by atoms with Crippen molar-refractivity contribution in [2.75, 3.05) is 0 Å². The van der Waals surface area contributed by atoms with E-state index in [9.17, 15) is 9.59 Å². The summed E-state index contributed by atoms with van der Waals surface area (Å²) >= 11 is 0. The number of aldehydes is 1. The summed E-state index contributed by atoms with van der Waals surface area (Å²) in [5, 5.41) is 0. The van der Waals surface area contributed by atoms with E-state index in [1.165, 1.54) is 0 Å². The lowest BCUT2D eigenvalue weighted by molar-refractivity contribution is -0.120. The standard InChI is InChI=1S/C7H12O2/c1-2-4-7(9)5-3-6-8/h6H,2-5H2,1H3. The van der Waals surface area contributed by atoms with E-state index in [2.05, 4.69) is 0 Å². The molecule has 0 aliphatic rings. The minimum Gasteiger partial charge on any atom is -0.303 e. The normalized spacial score (nSPS) is 9.00. The minimum atomic E-state index is 0.199. The van der Waals surface area contributed by atoms with Crippen LogP contribution in [-0.2, 0) is 9.59 Å². The fourth-order valence-electron chi connectivity index (χ4n) is 0.624. The van der Waals surface area contributed by atoms with Gasteiger partial charge in [0.2, 0.25) is 0 Å². The minimum absolute atomic E-state index is 0.199. The maximum Gasteiger partial charge on any atom is 0.133 e. The predicted molar refractivity (Wildman–Crippen MR) is 35.2 cm³/mol. The second-order valence-corrected chi connectivity index (χ2v) is 1.99. The van der Waals surface area contributed by atoms with Gasteiger partial charge < -0.3 is 4.79 Å². The molecule has 52 valence electrons. The average Bonchev–Trinajstić information content (AvgIpc) is 1.85. The third-order valence-electron chi connectivity index (χ3n) is 1.07. The Bertz CT molecular complexity index is 97.1. The first kappa shape index (κ1) is 8.34. The maximum atomic E-state index is 10.6. The van der Waals surface area contributed by atoms with Crippen LogP contribution in [0, 0.1) is 0 Å². The van der Waals surface area contributed by atoms with Crippen LogP contribution in [0.4, 0.5) is 0 Å². The molecule has 0 unspecified atom stereocenters. The first-order chi connectivity index (χ1) is 4.31. The van der Waals surface area contributed by atoms with Crippen LogP contribution in [0.2, 0.25) is 0 Å². The molecule has 0 N–H and O–H groups in total. The van der Waals surface area contributed by atoms with Gasteiger partial charge in [0.15, 0.2) is 0 Å². The lowest BCUT2D eigenvalue weighted by Gasteiger charge is -1.90. The fourth-order valence-corrected chi connectivity index (χ4v) is 0.624. The average molecular weight is 128 g/mol. The van der Waals surface area contributed by atoms with Crippen LogP contribution in [-0.4, -0.2) is 12.1 Å². The Morgan fingerprint density at radius 2 is 2.11 bits per heavy atom. The molecular formula is C7H12O2. The van der Waals surface area contributed by atoms with Crippen molar-refractivity contribution >= 4 is 12.1 Å². The Kier molecular flexibility index (Phi) is 5.07. The highest BCUT2D eigenvalue weighted by Crippen LogP contribution is 1.95. The molecule has 0 amide bonds. The summed E-state index contributed by atoms with van der Waals surface area (Å²) in [4.78, 5) is 20.4. The lowest BCUT2D eigenvalue weighted by Crippen LogP contribution is -1.95. The summed E-state index contributed by atoms with van der Waals surface area (Å²) in [6.45, 7) is 1.96. The van der Waals surface area contributed by atoms with Gasteiger partial charge in [-0.3, -0.25) is 4.79 Å². The summed E-state index contributed by atoms with van der Waals surface area (Å²) < 4.78 is 0. The summed E-state index contributed by atoms with van der Waals surface area (Å²) in [5.74, 6) is 0.199. The first-order valence-electron chi connectivity index (χ1n) is 3.26. The van der Waals surface area contributed by atoms with E-state index in [1.807, 2.05) is 6.92 Å². The van der Waals surface area contributed by atoms with Gasteiger partial charge >= 0.3 is 0 Å². The van der Waals surface area contributed by atoms with Gasteiger partial charge in [-0.25, -0.2) is 0 Å². The van der Waals surface area contributed by atoms with Gasteiger partial charge in [0, 0.05) is 19.3 Å². The van der Waals surface area contributed by atoms with Crippen molar-refractivity contribution in [1.82, 2.24) is 0 Å². The van der Waals surface area contributed by atoms with E-state index in [0.717, 1.165) is 12.7 Å². The summed E-state index contributed by atoms with van der Waals surface area (Å²) in [6, 6.07) is 0. The van der Waals surface area contributed by atoms with E-state index in [-0.39, 0.29) is 5.78 Å². The van der Waals surface area contributed by atoms with Crippen LogP contribution in [0.25, 0.3) is 0 Å². The van der Waals surface area contributed by atoms with Gasteiger partial charge in [-0.1, -0.05) is 6.92 Å². The number of hydrogen-bond acceptors (Lipinski definition) is 2. The van der Waals surface area contributed by atoms with Crippen molar-refractivity contribution in [3.63, 3.8) is 0 Å². The third-order valence-corrected chi connectivity index (χ3v) is 1.07. The zero-order chi connectivity index (χ0) is 7.11. The van der Waals surface area contributed by atoms with Crippen LogP contribution in [0.3, 0.4) is 0 Å². The lowest BCUT2D eigenvalue weighted by atomic mass is 10.1. The van der Waals surface area contributed by atoms with E-state index < -0.39 is 0 Å². The largest absolute Gasteiger partial charge is 0.303 e. The molecule has 0 atom stereocenters. The Morgan fingerprint density at radius 3 is 2.56 bits per heavy atom. The molecule has 0 rings (SSSR count). The molecule has 0 radical (unpaired) electrons. The smallest absolute Gasteiger partial charge is 0.133 e. The number of Topliss-reactive ketones (excluding diaryl/α,β-unsaturated/α-hetero) is 1. The zero-order valence-corrected chi connectivity index (χ0v) is 5.72. The van der Waals surface area contributed by atoms with Gasteiger partial charge in [-0.05, 0) is 6.42 Å². The number of rotatable bonds is 5. The quantitative estimate of drug-likeness (QED) is 0.523. The molecule has 0 heterocycles. The van der Waals surface area contributed by atoms with Gasteiger partial charge in [0.05, 0.1) is 0 Å². The Balaban J connectivity index is 3.16. The Labute approximate surface area is 55.3 Å². The van der Waals surface area contributed by atoms with E-state index in [0.29, 0.717) is 19.3 Å². The molecule has 0 aromatic rings. The van der Waals surface area contributed by atoms with Crippen LogP contribution in [0.15, 0.2) is 0 Å². The molecule has 9 heavy (non-hydrogen) atoms. The second kappa shape index (κ2) is 5.48. The zero-order valence-electron chi connectivity index (χ0n) is 5.72. The third kappa shape index (κ3) is 5.21. The first-order valence-corrected chi connectivity index (χ1v) is 3.26. The maximum absolute atomic E-state index is 10.6. The highest BCUT2D eigenvalue weighted by Gasteiger charge is 1.96.